The molecular weight excluding hydrogens is 280 g/mol. The second-order valence-corrected chi connectivity index (χ2v) is 6.12. The fourth-order valence-corrected chi connectivity index (χ4v) is 3.19. The summed E-state index contributed by atoms with van der Waals surface area (Å²) in [6.45, 7) is 5.16. The first-order valence-corrected chi connectivity index (χ1v) is 7.74. The normalized spacial score (nSPS) is 22.9. The molecule has 1 atom stereocenters. The Hall–Kier alpha value is -1.95. The van der Waals surface area contributed by atoms with Crippen LogP contribution in [0.3, 0.4) is 0 Å². The van der Waals surface area contributed by atoms with Crippen molar-refractivity contribution in [1.29, 1.82) is 0 Å². The van der Waals surface area contributed by atoms with E-state index in [-0.39, 0.29) is 24.4 Å². The predicted octanol–water partition coefficient (Wildman–Crippen LogP) is -0.0827. The Bertz CT molecular complexity index is 589. The van der Waals surface area contributed by atoms with Crippen molar-refractivity contribution < 1.29 is 9.59 Å². The highest BCUT2D eigenvalue weighted by atomic mass is 16.2. The maximum atomic E-state index is 12.3. The second-order valence-electron chi connectivity index (χ2n) is 6.12. The maximum absolute atomic E-state index is 12.3. The van der Waals surface area contributed by atoms with Gasteiger partial charge in [0.1, 0.15) is 6.04 Å². The molecule has 6 heteroatoms. The van der Waals surface area contributed by atoms with E-state index < -0.39 is 0 Å². The van der Waals surface area contributed by atoms with Crippen LogP contribution in [0.2, 0.25) is 0 Å². The van der Waals surface area contributed by atoms with Gasteiger partial charge in [-0.2, -0.15) is 0 Å². The van der Waals surface area contributed by atoms with E-state index in [1.165, 1.54) is 4.90 Å². The zero-order valence-electron chi connectivity index (χ0n) is 13.2. The van der Waals surface area contributed by atoms with Crippen LogP contribution >= 0.6 is 0 Å². The number of piperazine rings is 2. The van der Waals surface area contributed by atoms with Crippen LogP contribution in [0.5, 0.6) is 0 Å². The van der Waals surface area contributed by atoms with Crippen LogP contribution in [-0.2, 0) is 16.0 Å². The molecule has 0 aliphatic carbocycles. The quantitative estimate of drug-likeness (QED) is 0.783. The standard InChI is InChI=1S/C16H22N4O2/c1-12-4-3-5-13(17-12)6-7-19-8-9-20-14(10-19)16(22)18(2)11-15(20)21/h3-5,14H,6-11H2,1-2H3/t14-/m1/s1. The number of aromatic nitrogens is 1. The topological polar surface area (TPSA) is 56.8 Å². The minimum atomic E-state index is -0.314. The minimum absolute atomic E-state index is 0.0537. The van der Waals surface area contributed by atoms with Gasteiger partial charge in [0.2, 0.25) is 11.8 Å². The van der Waals surface area contributed by atoms with Crippen molar-refractivity contribution in [3.8, 4) is 0 Å². The van der Waals surface area contributed by atoms with Crippen LogP contribution in [0.15, 0.2) is 18.2 Å². The van der Waals surface area contributed by atoms with Crippen LogP contribution in [0.4, 0.5) is 0 Å². The van der Waals surface area contributed by atoms with Crippen molar-refractivity contribution in [1.82, 2.24) is 19.7 Å². The van der Waals surface area contributed by atoms with Gasteiger partial charge in [0.25, 0.3) is 0 Å². The molecule has 1 aromatic rings. The molecule has 0 saturated carbocycles. The Morgan fingerprint density at radius 3 is 2.86 bits per heavy atom. The predicted molar refractivity (Wildman–Crippen MR) is 82.3 cm³/mol. The molecule has 2 amide bonds. The summed E-state index contributed by atoms with van der Waals surface area (Å²) >= 11 is 0. The Morgan fingerprint density at radius 2 is 2.09 bits per heavy atom. The van der Waals surface area contributed by atoms with Gasteiger partial charge >= 0.3 is 0 Å². The van der Waals surface area contributed by atoms with E-state index in [9.17, 15) is 9.59 Å². The number of carbonyl (C=O) groups excluding carboxylic acids is 2. The number of likely N-dealkylation sites (N-methyl/N-ethyl adjacent to an activating group) is 1. The first kappa shape index (κ1) is 15.0. The lowest BCUT2D eigenvalue weighted by Gasteiger charge is -2.45. The van der Waals surface area contributed by atoms with E-state index in [0.717, 1.165) is 30.9 Å². The molecule has 6 nitrogen and oxygen atoms in total. The molecular formula is C16H22N4O2. The van der Waals surface area contributed by atoms with E-state index in [0.29, 0.717) is 13.1 Å². The molecule has 2 saturated heterocycles. The van der Waals surface area contributed by atoms with E-state index in [4.69, 9.17) is 0 Å². The van der Waals surface area contributed by atoms with Gasteiger partial charge in [-0.05, 0) is 19.1 Å². The molecule has 22 heavy (non-hydrogen) atoms. The van der Waals surface area contributed by atoms with Crippen molar-refractivity contribution in [3.63, 3.8) is 0 Å². The number of fused-ring (bicyclic) bond motifs is 1. The summed E-state index contributed by atoms with van der Waals surface area (Å²) in [5, 5.41) is 0. The van der Waals surface area contributed by atoms with Gasteiger partial charge in [0.15, 0.2) is 0 Å². The molecule has 0 spiro atoms. The van der Waals surface area contributed by atoms with Crippen LogP contribution in [-0.4, -0.2) is 77.3 Å². The molecule has 3 heterocycles. The summed E-state index contributed by atoms with van der Waals surface area (Å²) in [6.07, 6.45) is 0.867. The molecule has 3 rings (SSSR count). The number of amides is 2. The van der Waals surface area contributed by atoms with Crippen molar-refractivity contribution in [2.75, 3.05) is 39.8 Å². The second kappa shape index (κ2) is 6.04. The SMILES string of the molecule is Cc1cccc(CCN2CCN3C(=O)CN(C)C(=O)[C@H]3C2)n1. The monoisotopic (exact) mass is 302 g/mol. The number of hydrogen-bond donors (Lipinski definition) is 0. The van der Waals surface area contributed by atoms with Crippen molar-refractivity contribution >= 4 is 11.8 Å². The summed E-state index contributed by atoms with van der Waals surface area (Å²) in [5.41, 5.74) is 2.10. The van der Waals surface area contributed by atoms with Gasteiger partial charge in [-0.25, -0.2) is 0 Å². The highest BCUT2D eigenvalue weighted by Gasteiger charge is 2.40. The molecule has 0 unspecified atom stereocenters. The zero-order valence-corrected chi connectivity index (χ0v) is 13.2. The highest BCUT2D eigenvalue weighted by Crippen LogP contribution is 2.17. The largest absolute Gasteiger partial charge is 0.335 e. The lowest BCUT2D eigenvalue weighted by molar-refractivity contribution is -0.158. The van der Waals surface area contributed by atoms with Crippen molar-refractivity contribution in [2.45, 2.75) is 19.4 Å². The molecule has 0 aromatic carbocycles. The molecule has 2 fully saturated rings. The van der Waals surface area contributed by atoms with Crippen molar-refractivity contribution in [2.24, 2.45) is 0 Å². The molecule has 2 aliphatic heterocycles. The van der Waals surface area contributed by atoms with E-state index >= 15 is 0 Å². The van der Waals surface area contributed by atoms with E-state index in [2.05, 4.69) is 9.88 Å². The summed E-state index contributed by atoms with van der Waals surface area (Å²) in [5.74, 6) is 0.116. The van der Waals surface area contributed by atoms with Crippen LogP contribution < -0.4 is 0 Å². The van der Waals surface area contributed by atoms with Crippen LogP contribution in [0, 0.1) is 6.92 Å². The van der Waals surface area contributed by atoms with E-state index in [1.807, 2.05) is 25.1 Å². The Kier molecular flexibility index (Phi) is 4.11. The summed E-state index contributed by atoms with van der Waals surface area (Å²) in [4.78, 5) is 34.3. The number of carbonyl (C=O) groups is 2. The molecule has 0 bridgehead atoms. The third-order valence-corrected chi connectivity index (χ3v) is 4.45. The Morgan fingerprint density at radius 1 is 1.27 bits per heavy atom. The van der Waals surface area contributed by atoms with E-state index in [1.54, 1.807) is 11.9 Å². The third-order valence-electron chi connectivity index (χ3n) is 4.45. The van der Waals surface area contributed by atoms with Crippen molar-refractivity contribution in [3.05, 3.63) is 29.6 Å². The molecule has 118 valence electrons. The molecule has 0 radical (unpaired) electrons. The van der Waals surface area contributed by atoms with Gasteiger partial charge in [0, 0.05) is 51.0 Å². The number of pyridine rings is 1. The van der Waals surface area contributed by atoms with Gasteiger partial charge in [-0.3, -0.25) is 19.5 Å². The fraction of sp³-hybridized carbons (Fsp3) is 0.562. The van der Waals surface area contributed by atoms with Gasteiger partial charge < -0.3 is 9.80 Å². The number of hydrogen-bond acceptors (Lipinski definition) is 4. The molecule has 1 aromatic heterocycles. The fourth-order valence-electron chi connectivity index (χ4n) is 3.19. The third kappa shape index (κ3) is 2.97. The lowest BCUT2D eigenvalue weighted by Crippen LogP contribution is -2.66. The summed E-state index contributed by atoms with van der Waals surface area (Å²) in [6, 6.07) is 5.73. The van der Waals surface area contributed by atoms with Crippen LogP contribution in [0.25, 0.3) is 0 Å². The summed E-state index contributed by atoms with van der Waals surface area (Å²) < 4.78 is 0. The highest BCUT2D eigenvalue weighted by molar-refractivity contribution is 5.95. The number of nitrogens with zero attached hydrogens (tertiary/aromatic N) is 4. The average Bonchev–Trinajstić information content (AvgIpc) is 2.50. The van der Waals surface area contributed by atoms with Gasteiger partial charge in [-0.15, -0.1) is 0 Å². The van der Waals surface area contributed by atoms with Crippen LogP contribution in [0.1, 0.15) is 11.4 Å². The minimum Gasteiger partial charge on any atom is -0.335 e. The maximum Gasteiger partial charge on any atom is 0.246 e. The molecule has 2 aliphatic rings. The summed E-state index contributed by atoms with van der Waals surface area (Å²) in [7, 11) is 1.70. The lowest BCUT2D eigenvalue weighted by atomic mass is 10.1. The zero-order chi connectivity index (χ0) is 15.7. The van der Waals surface area contributed by atoms with Gasteiger partial charge in [-0.1, -0.05) is 6.07 Å². The number of aryl methyl sites for hydroxylation is 1. The first-order chi connectivity index (χ1) is 10.5. The smallest absolute Gasteiger partial charge is 0.246 e. The number of rotatable bonds is 3. The average molecular weight is 302 g/mol. The van der Waals surface area contributed by atoms with Gasteiger partial charge in [0.05, 0.1) is 6.54 Å². The Balaban J connectivity index is 1.61. The Labute approximate surface area is 130 Å². The first-order valence-electron chi connectivity index (χ1n) is 7.74. The molecule has 0 N–H and O–H groups in total.